The quantitative estimate of drug-likeness (QED) is 0.288. The molecule has 3 aromatic rings. The lowest BCUT2D eigenvalue weighted by Crippen LogP contribution is -2.40. The van der Waals surface area contributed by atoms with Gasteiger partial charge in [0.2, 0.25) is 5.89 Å². The first-order chi connectivity index (χ1) is 20.9. The molecule has 1 atom stereocenters. The molecule has 0 radical (unpaired) electrons. The van der Waals surface area contributed by atoms with Gasteiger partial charge in [0.15, 0.2) is 0 Å². The third kappa shape index (κ3) is 6.42. The number of aryl methyl sites for hydroxylation is 1. The van der Waals surface area contributed by atoms with E-state index in [-0.39, 0.29) is 35.1 Å². The fourth-order valence-corrected chi connectivity index (χ4v) is 4.72. The number of benzene rings is 2. The maximum atomic E-state index is 13.3. The molecule has 228 valence electrons. The van der Waals surface area contributed by atoms with Crippen LogP contribution in [0.5, 0.6) is 0 Å². The summed E-state index contributed by atoms with van der Waals surface area (Å²) in [6, 6.07) is 17.5. The highest BCUT2D eigenvalue weighted by molar-refractivity contribution is 6.06. The Morgan fingerprint density at radius 3 is 2.25 bits per heavy atom. The van der Waals surface area contributed by atoms with E-state index in [9.17, 15) is 19.6 Å². The van der Waals surface area contributed by atoms with E-state index in [1.54, 1.807) is 82.3 Å². The minimum absolute atomic E-state index is 0.0513. The van der Waals surface area contributed by atoms with Gasteiger partial charge in [-0.15, -0.1) is 0 Å². The first-order valence-electron chi connectivity index (χ1n) is 13.6. The number of anilines is 1. The highest BCUT2D eigenvalue weighted by atomic mass is 16.6. The number of nitrogens with one attached hydrogen (secondary N) is 1. The fourth-order valence-electron chi connectivity index (χ4n) is 4.72. The van der Waals surface area contributed by atoms with Gasteiger partial charge in [-0.05, 0) is 57.5 Å². The van der Waals surface area contributed by atoms with Crippen LogP contribution in [0.3, 0.4) is 0 Å². The van der Waals surface area contributed by atoms with Gasteiger partial charge in [-0.2, -0.15) is 5.26 Å². The predicted molar refractivity (Wildman–Crippen MR) is 159 cm³/mol. The van der Waals surface area contributed by atoms with Gasteiger partial charge in [0, 0.05) is 11.3 Å². The number of hydrogen-bond acceptors (Lipinski definition) is 11. The summed E-state index contributed by atoms with van der Waals surface area (Å²) in [7, 11) is 2.37. The zero-order valence-electron chi connectivity index (χ0n) is 25.3. The lowest BCUT2D eigenvalue weighted by molar-refractivity contribution is -0.139. The van der Waals surface area contributed by atoms with E-state index in [2.05, 4.69) is 16.4 Å². The van der Waals surface area contributed by atoms with Crippen molar-refractivity contribution >= 4 is 23.7 Å². The molecule has 3 N–H and O–H groups in total. The number of oxazole rings is 1. The molecule has 0 aliphatic carbocycles. The van der Waals surface area contributed by atoms with Crippen LogP contribution in [-0.2, 0) is 30.3 Å². The molecule has 0 saturated carbocycles. The number of amides is 1. The molecule has 0 saturated heterocycles. The third-order valence-electron chi connectivity index (χ3n) is 6.67. The zero-order chi connectivity index (χ0) is 32.2. The summed E-state index contributed by atoms with van der Waals surface area (Å²) in [6.45, 7) is 7.13. The van der Waals surface area contributed by atoms with E-state index in [0.717, 1.165) is 0 Å². The molecule has 12 nitrogen and oxygen atoms in total. The lowest BCUT2D eigenvalue weighted by Gasteiger charge is -2.35. The number of esters is 2. The monoisotopic (exact) mass is 599 g/mol. The van der Waals surface area contributed by atoms with Crippen molar-refractivity contribution in [3.63, 3.8) is 0 Å². The summed E-state index contributed by atoms with van der Waals surface area (Å²) in [4.78, 5) is 44.4. The number of aromatic nitrogens is 1. The predicted octanol–water partition coefficient (Wildman–Crippen LogP) is 4.57. The van der Waals surface area contributed by atoms with Crippen LogP contribution in [0.25, 0.3) is 11.5 Å². The topological polar surface area (TPSA) is 170 Å². The van der Waals surface area contributed by atoms with Gasteiger partial charge in [-0.3, -0.25) is 4.90 Å². The van der Waals surface area contributed by atoms with Gasteiger partial charge >= 0.3 is 18.0 Å². The summed E-state index contributed by atoms with van der Waals surface area (Å²) in [5, 5.41) is 12.9. The van der Waals surface area contributed by atoms with E-state index >= 15 is 0 Å². The number of carbonyl (C=O) groups is 3. The molecule has 44 heavy (non-hydrogen) atoms. The van der Waals surface area contributed by atoms with E-state index in [4.69, 9.17) is 24.4 Å². The van der Waals surface area contributed by atoms with E-state index in [0.29, 0.717) is 28.3 Å². The average Bonchev–Trinajstić information content (AvgIpc) is 3.38. The Labute approximate surface area is 254 Å². The number of ether oxygens (including phenoxy) is 3. The first kappa shape index (κ1) is 31.4. The van der Waals surface area contributed by atoms with Crippen LogP contribution in [0.15, 0.2) is 81.7 Å². The van der Waals surface area contributed by atoms with E-state index < -0.39 is 29.6 Å². The normalized spacial score (nSPS) is 15.0. The Balaban J connectivity index is 1.74. The Kier molecular flexibility index (Phi) is 9.09. The molecular weight excluding hydrogens is 566 g/mol. The van der Waals surface area contributed by atoms with Crippen LogP contribution >= 0.6 is 0 Å². The molecule has 4 rings (SSSR count). The van der Waals surface area contributed by atoms with Gasteiger partial charge in [0.1, 0.15) is 28.6 Å². The zero-order valence-corrected chi connectivity index (χ0v) is 25.3. The molecular formula is C32H33N5O7. The second-order valence-corrected chi connectivity index (χ2v) is 10.8. The molecule has 12 heteroatoms. The summed E-state index contributed by atoms with van der Waals surface area (Å²) < 4.78 is 21.2. The number of nitrogens with two attached hydrogens (primary N) is 1. The number of rotatable bonds is 7. The van der Waals surface area contributed by atoms with Crippen LogP contribution in [0.4, 0.5) is 10.5 Å². The Bertz CT molecular complexity index is 1680. The van der Waals surface area contributed by atoms with E-state index in [1.807, 2.05) is 0 Å². The third-order valence-corrected chi connectivity index (χ3v) is 6.67. The highest BCUT2D eigenvalue weighted by Gasteiger charge is 2.43. The van der Waals surface area contributed by atoms with Crippen LogP contribution in [-0.4, -0.2) is 42.8 Å². The van der Waals surface area contributed by atoms with Gasteiger partial charge < -0.3 is 29.7 Å². The molecule has 1 aromatic heterocycles. The van der Waals surface area contributed by atoms with Crippen molar-refractivity contribution in [2.45, 2.75) is 45.8 Å². The van der Waals surface area contributed by atoms with Crippen LogP contribution in [0.1, 0.15) is 43.7 Å². The summed E-state index contributed by atoms with van der Waals surface area (Å²) in [5.41, 5.74) is 7.74. The molecule has 0 bridgehead atoms. The number of hydrogen-bond donors (Lipinski definition) is 2. The second-order valence-electron chi connectivity index (χ2n) is 10.8. The smallest absolute Gasteiger partial charge is 0.407 e. The first-order valence-corrected chi connectivity index (χ1v) is 13.6. The van der Waals surface area contributed by atoms with Crippen LogP contribution in [0, 0.1) is 18.3 Å². The minimum atomic E-state index is -0.971. The molecule has 2 aromatic carbocycles. The number of carbonyl (C=O) groups excluding carboxylic acids is 3. The minimum Gasteiger partial charge on any atom is -0.466 e. The largest absolute Gasteiger partial charge is 0.466 e. The van der Waals surface area contributed by atoms with Crippen molar-refractivity contribution in [3.05, 3.63) is 94.3 Å². The molecule has 2 heterocycles. The number of nitriles is 1. The van der Waals surface area contributed by atoms with Crippen molar-refractivity contribution in [2.75, 3.05) is 19.1 Å². The van der Waals surface area contributed by atoms with Gasteiger partial charge in [-0.25, -0.2) is 19.4 Å². The van der Waals surface area contributed by atoms with Crippen molar-refractivity contribution in [2.24, 2.45) is 5.73 Å². The summed E-state index contributed by atoms with van der Waals surface area (Å²) in [5.74, 6) is -1.89. The maximum absolute atomic E-state index is 13.3. The number of methoxy groups -OCH3 is 2. The molecule has 0 fully saturated rings. The molecule has 0 spiro atoms. The maximum Gasteiger partial charge on any atom is 0.407 e. The van der Waals surface area contributed by atoms with Gasteiger partial charge in [0.25, 0.3) is 0 Å². The van der Waals surface area contributed by atoms with Crippen LogP contribution < -0.4 is 16.0 Å². The SMILES string of the molecule is COC(=O)C1=C(C(=O)OC)N(c2ccc(-c3nc(CNC(=O)OC(C)(C)C)c(C)o3)cc2)C(N)=C(C#N)C1c1ccccc1. The summed E-state index contributed by atoms with van der Waals surface area (Å²) in [6.07, 6.45) is -0.579. The van der Waals surface area contributed by atoms with Crippen molar-refractivity contribution in [1.82, 2.24) is 10.3 Å². The Hall–Kier alpha value is -5.57. The average molecular weight is 600 g/mol. The van der Waals surface area contributed by atoms with Crippen molar-refractivity contribution < 1.29 is 33.0 Å². The van der Waals surface area contributed by atoms with Crippen molar-refractivity contribution in [3.8, 4) is 17.5 Å². The number of allylic oxidation sites excluding steroid dienone is 1. The second kappa shape index (κ2) is 12.7. The van der Waals surface area contributed by atoms with Crippen LogP contribution in [0.2, 0.25) is 0 Å². The number of alkyl carbamates (subject to hydrolysis) is 1. The van der Waals surface area contributed by atoms with E-state index in [1.165, 1.54) is 19.1 Å². The van der Waals surface area contributed by atoms with Gasteiger partial charge in [0.05, 0.1) is 43.9 Å². The van der Waals surface area contributed by atoms with Gasteiger partial charge in [-0.1, -0.05) is 30.3 Å². The Morgan fingerprint density at radius 2 is 1.68 bits per heavy atom. The molecule has 1 aliphatic rings. The van der Waals surface area contributed by atoms with Crippen molar-refractivity contribution in [1.29, 1.82) is 5.26 Å². The molecule has 1 aliphatic heterocycles. The lowest BCUT2D eigenvalue weighted by atomic mass is 9.81. The Morgan fingerprint density at radius 1 is 1.05 bits per heavy atom. The fraction of sp³-hybridized carbons (Fsp3) is 0.281. The summed E-state index contributed by atoms with van der Waals surface area (Å²) >= 11 is 0. The standard InChI is InChI=1S/C32H33N5O7/c1-18-23(17-35-31(40)44-32(2,3)4)36-28(43-18)20-12-14-21(15-13-20)37-26(30(39)42-6)25(29(38)41-5)24(22(16-33)27(37)34)19-10-8-7-9-11-19/h7-15,24H,17,34H2,1-6H3,(H,35,40). The highest BCUT2D eigenvalue weighted by Crippen LogP contribution is 2.43. The molecule has 1 amide bonds. The number of nitrogens with zero attached hydrogens (tertiary/aromatic N) is 3. The molecule has 1 unspecified atom stereocenters.